The van der Waals surface area contributed by atoms with Crippen molar-refractivity contribution in [1.29, 1.82) is 0 Å². The molecule has 0 aromatic carbocycles. The quantitative estimate of drug-likeness (QED) is 0.576. The van der Waals surface area contributed by atoms with Crippen LogP contribution in [0.25, 0.3) is 0 Å². The molecule has 0 amide bonds. The van der Waals surface area contributed by atoms with Crippen molar-refractivity contribution in [3.8, 4) is 0 Å². The molecule has 0 aromatic rings. The lowest BCUT2D eigenvalue weighted by molar-refractivity contribution is -0.131. The van der Waals surface area contributed by atoms with Crippen LogP contribution in [0.15, 0.2) is 58.7 Å². The Kier molecular flexibility index (Phi) is 5.19. The summed E-state index contributed by atoms with van der Waals surface area (Å²) in [5.41, 5.74) is 2.75. The smallest absolute Gasteiger partial charge is 0.328 e. The van der Waals surface area contributed by atoms with E-state index in [9.17, 15) is 9.90 Å². The largest absolute Gasteiger partial charge is 0.478 e. The zero-order valence-electron chi connectivity index (χ0n) is 17.3. The average Bonchev–Trinajstić information content (AvgIpc) is 2.49. The highest BCUT2D eigenvalue weighted by atomic mass is 16.4. The van der Waals surface area contributed by atoms with E-state index in [4.69, 9.17) is 9.22 Å². The molecule has 0 aliphatic heterocycles. The van der Waals surface area contributed by atoms with Gasteiger partial charge < -0.3 is 10.2 Å². The number of hydrogen-bond donors (Lipinski definition) is 2. The second-order valence-electron chi connectivity index (χ2n) is 6.58. The summed E-state index contributed by atoms with van der Waals surface area (Å²) in [5, 5.41) is 18.8. The van der Waals surface area contributed by atoms with E-state index < -0.39 is 18.9 Å². The molecule has 0 spiro atoms. The van der Waals surface area contributed by atoms with E-state index in [0.717, 1.165) is 29.6 Å². The Hall–Kier alpha value is -1.87. The Labute approximate surface area is 143 Å². The minimum absolute atomic E-state index is 0.00537. The standard InChI is InChI=1S/C20H28O3/c1-14(7-6-8-15(2)13-19(22)23)9-10-17-16(3)18(21)11-12-20(17,4)5/h6-10,13,18,21H,11-12H2,1-5H3,(H,22,23)/b8-6+,10-9+,14-7-,15-13?/i2D3. The van der Waals surface area contributed by atoms with Crippen LogP contribution in [0.5, 0.6) is 0 Å². The van der Waals surface area contributed by atoms with Gasteiger partial charge in [-0.3, -0.25) is 0 Å². The summed E-state index contributed by atoms with van der Waals surface area (Å²) >= 11 is 0. The first kappa shape index (κ1) is 14.7. The third-order valence-electron chi connectivity index (χ3n) is 4.12. The molecular weight excluding hydrogens is 288 g/mol. The molecule has 0 bridgehead atoms. The van der Waals surface area contributed by atoms with Crippen molar-refractivity contribution in [2.75, 3.05) is 0 Å². The maximum atomic E-state index is 10.7. The fraction of sp³-hybridized carbons (Fsp3) is 0.450. The Morgan fingerprint density at radius 3 is 2.65 bits per heavy atom. The van der Waals surface area contributed by atoms with Crippen LogP contribution in [0.3, 0.4) is 0 Å². The number of aliphatic carboxylic acids is 1. The van der Waals surface area contributed by atoms with E-state index in [1.165, 1.54) is 12.2 Å². The van der Waals surface area contributed by atoms with Crippen molar-refractivity contribution in [1.82, 2.24) is 0 Å². The molecule has 3 nitrogen and oxygen atoms in total. The average molecular weight is 319 g/mol. The molecule has 0 aromatic heterocycles. The second kappa shape index (κ2) is 8.11. The van der Waals surface area contributed by atoms with Crippen LogP contribution in [-0.2, 0) is 4.79 Å². The van der Waals surface area contributed by atoms with Crippen LogP contribution in [0.4, 0.5) is 0 Å². The molecule has 0 heterocycles. The van der Waals surface area contributed by atoms with Gasteiger partial charge in [-0.05, 0) is 55.7 Å². The highest BCUT2D eigenvalue weighted by molar-refractivity contribution is 5.81. The first-order chi connectivity index (χ1) is 11.8. The lowest BCUT2D eigenvalue weighted by Crippen LogP contribution is -2.27. The van der Waals surface area contributed by atoms with Gasteiger partial charge in [0.15, 0.2) is 0 Å². The first-order valence-electron chi connectivity index (χ1n) is 9.22. The molecule has 3 heteroatoms. The number of carbonyl (C=O) groups is 1. The van der Waals surface area contributed by atoms with Crippen molar-refractivity contribution in [2.24, 2.45) is 5.41 Å². The normalized spacial score (nSPS) is 25.6. The van der Waals surface area contributed by atoms with Gasteiger partial charge in [-0.2, -0.15) is 0 Å². The summed E-state index contributed by atoms with van der Waals surface area (Å²) in [4.78, 5) is 10.7. The van der Waals surface area contributed by atoms with Crippen LogP contribution in [0, 0.1) is 5.41 Å². The molecule has 0 fully saturated rings. The van der Waals surface area contributed by atoms with E-state index >= 15 is 0 Å². The number of aliphatic hydroxyl groups is 1. The third-order valence-corrected chi connectivity index (χ3v) is 4.12. The number of aliphatic hydroxyl groups excluding tert-OH is 1. The summed E-state index contributed by atoms with van der Waals surface area (Å²) in [5.74, 6) is -1.29. The van der Waals surface area contributed by atoms with Gasteiger partial charge in [0.2, 0.25) is 0 Å². The highest BCUT2D eigenvalue weighted by Gasteiger charge is 2.30. The molecule has 0 saturated heterocycles. The van der Waals surface area contributed by atoms with Gasteiger partial charge in [-0.15, -0.1) is 0 Å². The molecule has 0 saturated carbocycles. The fourth-order valence-electron chi connectivity index (χ4n) is 2.67. The van der Waals surface area contributed by atoms with Crippen LogP contribution < -0.4 is 0 Å². The van der Waals surface area contributed by atoms with Crippen molar-refractivity contribution in [3.63, 3.8) is 0 Å². The minimum atomic E-state index is -2.48. The van der Waals surface area contributed by atoms with Gasteiger partial charge in [0.05, 0.1) is 6.10 Å². The van der Waals surface area contributed by atoms with Crippen molar-refractivity contribution in [2.45, 2.75) is 53.5 Å². The molecule has 1 atom stereocenters. The van der Waals surface area contributed by atoms with Gasteiger partial charge >= 0.3 is 5.97 Å². The molecule has 2 N–H and O–H groups in total. The molecule has 1 aliphatic rings. The number of hydrogen-bond acceptors (Lipinski definition) is 2. The summed E-state index contributed by atoms with van der Waals surface area (Å²) in [6, 6.07) is 0. The maximum Gasteiger partial charge on any atom is 0.328 e. The minimum Gasteiger partial charge on any atom is -0.478 e. The van der Waals surface area contributed by atoms with Crippen LogP contribution in [0.1, 0.15) is 51.5 Å². The molecule has 1 aliphatic carbocycles. The van der Waals surface area contributed by atoms with Crippen LogP contribution in [-0.4, -0.2) is 22.3 Å². The third kappa shape index (κ3) is 6.03. The van der Waals surface area contributed by atoms with E-state index in [2.05, 4.69) is 13.8 Å². The Balaban J connectivity index is 2.99. The zero-order chi connectivity index (χ0) is 20.1. The Bertz CT molecular complexity index is 690. The van der Waals surface area contributed by atoms with Gasteiger partial charge in [-0.25, -0.2) is 4.79 Å². The number of carboxylic acids is 1. The summed E-state index contributed by atoms with van der Waals surface area (Å²) in [7, 11) is 0. The number of allylic oxidation sites excluding steroid dienone is 8. The first-order valence-corrected chi connectivity index (χ1v) is 7.72. The van der Waals surface area contributed by atoms with Crippen molar-refractivity contribution >= 4 is 5.97 Å². The second-order valence-corrected chi connectivity index (χ2v) is 6.58. The van der Waals surface area contributed by atoms with Gasteiger partial charge in [0.1, 0.15) is 0 Å². The van der Waals surface area contributed by atoms with Crippen molar-refractivity contribution < 1.29 is 19.1 Å². The summed E-state index contributed by atoms with van der Waals surface area (Å²) in [6.07, 6.45) is 10.4. The maximum absolute atomic E-state index is 10.7. The number of carboxylic acid groups (broad SMARTS) is 1. The molecule has 23 heavy (non-hydrogen) atoms. The van der Waals surface area contributed by atoms with Crippen molar-refractivity contribution in [3.05, 3.63) is 58.7 Å². The molecule has 0 radical (unpaired) electrons. The molecule has 126 valence electrons. The topological polar surface area (TPSA) is 57.5 Å². The van der Waals surface area contributed by atoms with Gasteiger partial charge in [0, 0.05) is 10.2 Å². The van der Waals surface area contributed by atoms with Crippen LogP contribution in [0.2, 0.25) is 0 Å². The summed E-state index contributed by atoms with van der Waals surface area (Å²) < 4.78 is 22.1. The van der Waals surface area contributed by atoms with E-state index in [1.54, 1.807) is 6.08 Å². The number of rotatable bonds is 5. The lowest BCUT2D eigenvalue weighted by atomic mass is 9.71. The zero-order valence-corrected chi connectivity index (χ0v) is 14.3. The van der Waals surface area contributed by atoms with E-state index in [0.29, 0.717) is 6.08 Å². The molecule has 1 unspecified atom stereocenters. The van der Waals surface area contributed by atoms with E-state index in [-0.39, 0.29) is 11.0 Å². The van der Waals surface area contributed by atoms with Gasteiger partial charge in [-0.1, -0.05) is 49.8 Å². The predicted molar refractivity (Wildman–Crippen MR) is 95.2 cm³/mol. The Morgan fingerprint density at radius 2 is 2.04 bits per heavy atom. The van der Waals surface area contributed by atoms with E-state index in [1.807, 2.05) is 26.0 Å². The lowest BCUT2D eigenvalue weighted by Gasteiger charge is -2.35. The highest BCUT2D eigenvalue weighted by Crippen LogP contribution is 2.40. The summed E-state index contributed by atoms with van der Waals surface area (Å²) in [6.45, 7) is 5.65. The monoisotopic (exact) mass is 319 g/mol. The SMILES string of the molecule is [2H]C([2H])([2H])C(=CC(=O)O)/C=C/C=C(C)\C=C\C1=C(C)C(O)CCC1(C)C. The fourth-order valence-corrected chi connectivity index (χ4v) is 2.67. The predicted octanol–water partition coefficient (Wildman–Crippen LogP) is 4.57. The Morgan fingerprint density at radius 1 is 1.35 bits per heavy atom. The molecule has 1 rings (SSSR count). The van der Waals surface area contributed by atoms with Gasteiger partial charge in [0.25, 0.3) is 0 Å². The van der Waals surface area contributed by atoms with Crippen LogP contribution >= 0.6 is 0 Å². The molecular formula is C20H28O3.